The average Bonchev–Trinajstić information content (AvgIpc) is 3.62. The van der Waals surface area contributed by atoms with Gasteiger partial charge < -0.3 is 4.90 Å². The van der Waals surface area contributed by atoms with E-state index in [0.29, 0.717) is 5.92 Å². The van der Waals surface area contributed by atoms with Crippen molar-refractivity contribution in [1.29, 1.82) is 0 Å². The maximum absolute atomic E-state index is 11.5. The smallest absolute Gasteiger partial charge is 0.152 e. The zero-order valence-corrected chi connectivity index (χ0v) is 19.3. The number of rotatable bonds is 9. The Kier molecular flexibility index (Phi) is 6.95. The number of carbonyl (C=O) groups excluding carboxylic acids is 1. The molecule has 2 aromatic rings. The van der Waals surface area contributed by atoms with Crippen molar-refractivity contribution in [1.82, 2.24) is 0 Å². The van der Waals surface area contributed by atoms with Gasteiger partial charge >= 0.3 is 0 Å². The first-order valence-electron chi connectivity index (χ1n) is 12.1. The molecule has 2 aliphatic rings. The van der Waals surface area contributed by atoms with Crippen molar-refractivity contribution in [3.63, 3.8) is 0 Å². The number of carbonyl (C=O) groups is 1. The number of piperidine rings is 1. The third-order valence-electron chi connectivity index (χ3n) is 7.25. The lowest BCUT2D eigenvalue weighted by Gasteiger charge is -2.34. The molecule has 2 aromatic carbocycles. The first-order valence-corrected chi connectivity index (χ1v) is 12.1. The molecule has 31 heavy (non-hydrogen) atoms. The van der Waals surface area contributed by atoms with Crippen LogP contribution in [-0.4, -0.2) is 19.4 Å². The molecule has 0 amide bonds. The molecule has 1 aliphatic carbocycles. The van der Waals surface area contributed by atoms with Crippen molar-refractivity contribution in [2.45, 2.75) is 64.7 Å². The molecule has 1 atom stereocenters. The Balaban J connectivity index is 1.32. The molecule has 1 saturated carbocycles. The molecule has 0 aromatic heterocycles. The van der Waals surface area contributed by atoms with Gasteiger partial charge in [-0.15, -0.1) is 6.58 Å². The summed E-state index contributed by atoms with van der Waals surface area (Å²) in [5.74, 6) is 2.32. The lowest BCUT2D eigenvalue weighted by atomic mass is 9.86. The number of nitrogens with zero attached hydrogens (tertiary/aromatic N) is 1. The van der Waals surface area contributed by atoms with Crippen LogP contribution in [0.5, 0.6) is 0 Å². The summed E-state index contributed by atoms with van der Waals surface area (Å²) in [4.78, 5) is 13.9. The predicted octanol–water partition coefficient (Wildman–Crippen LogP) is 7.12. The van der Waals surface area contributed by atoms with Crippen LogP contribution < -0.4 is 4.90 Å². The van der Waals surface area contributed by atoms with Gasteiger partial charge in [-0.05, 0) is 105 Å². The zero-order valence-electron chi connectivity index (χ0n) is 19.3. The lowest BCUT2D eigenvalue weighted by Crippen LogP contribution is -2.34. The number of hydrogen-bond acceptors (Lipinski definition) is 2. The van der Waals surface area contributed by atoms with Crippen LogP contribution in [0.1, 0.15) is 78.4 Å². The Morgan fingerprint density at radius 1 is 1.13 bits per heavy atom. The number of hydrogen-bond donors (Lipinski definition) is 0. The summed E-state index contributed by atoms with van der Waals surface area (Å²) in [7, 11) is 0. The topological polar surface area (TPSA) is 20.3 Å². The average molecular weight is 416 g/mol. The van der Waals surface area contributed by atoms with Crippen molar-refractivity contribution in [3.05, 3.63) is 76.9 Å². The Labute approximate surface area is 188 Å². The number of benzene rings is 2. The Morgan fingerprint density at radius 3 is 2.58 bits per heavy atom. The van der Waals surface area contributed by atoms with E-state index in [4.69, 9.17) is 0 Å². The number of aldehydes is 1. The van der Waals surface area contributed by atoms with Gasteiger partial charge in [0.1, 0.15) is 0 Å². The fraction of sp³-hybridized carbons (Fsp3) is 0.483. The normalized spacial score (nSPS) is 18.1. The van der Waals surface area contributed by atoms with Crippen LogP contribution in [0.2, 0.25) is 0 Å². The summed E-state index contributed by atoms with van der Waals surface area (Å²) in [5, 5.41) is 0. The highest BCUT2D eigenvalue weighted by Gasteiger charge is 2.32. The number of anilines is 1. The van der Waals surface area contributed by atoms with E-state index in [1.165, 1.54) is 60.8 Å². The molecule has 0 radical (unpaired) electrons. The Bertz CT molecular complexity index is 918. The molecule has 2 fully saturated rings. The van der Waals surface area contributed by atoms with E-state index in [1.807, 2.05) is 12.1 Å². The number of allylic oxidation sites excluding steroid dienone is 1. The fourth-order valence-corrected chi connectivity index (χ4v) is 5.27. The van der Waals surface area contributed by atoms with Crippen molar-refractivity contribution < 1.29 is 4.79 Å². The molecule has 0 N–H and O–H groups in total. The van der Waals surface area contributed by atoms with E-state index >= 15 is 0 Å². The van der Waals surface area contributed by atoms with Gasteiger partial charge in [-0.25, -0.2) is 0 Å². The van der Waals surface area contributed by atoms with E-state index in [1.54, 1.807) is 0 Å². The second kappa shape index (κ2) is 9.85. The molecule has 2 heteroatoms. The zero-order chi connectivity index (χ0) is 21.8. The van der Waals surface area contributed by atoms with E-state index in [2.05, 4.69) is 55.7 Å². The summed E-state index contributed by atoms with van der Waals surface area (Å²) in [6, 6.07) is 15.5. The second-order valence-electron chi connectivity index (χ2n) is 10.00. The standard InChI is InChI=1S/C29H37NO/c1-21(2)17-28(25-11-12-25)26-6-4-5-24(19-26)9-8-23-13-15-30(16-14-23)29-18-22(3)7-10-27(29)20-31/h4-7,10,18-20,23,25,28H,1,8-9,11-17H2,2-3H3. The summed E-state index contributed by atoms with van der Waals surface area (Å²) in [6.07, 6.45) is 9.76. The van der Waals surface area contributed by atoms with Gasteiger partial charge in [-0.2, -0.15) is 0 Å². The molecule has 164 valence electrons. The molecule has 1 heterocycles. The van der Waals surface area contributed by atoms with Gasteiger partial charge in [0.25, 0.3) is 0 Å². The fourth-order valence-electron chi connectivity index (χ4n) is 5.27. The van der Waals surface area contributed by atoms with Gasteiger partial charge in [0.2, 0.25) is 0 Å². The lowest BCUT2D eigenvalue weighted by molar-refractivity contribution is 0.112. The first-order chi connectivity index (χ1) is 15.0. The minimum atomic E-state index is 0.669. The highest BCUT2D eigenvalue weighted by molar-refractivity contribution is 5.85. The monoisotopic (exact) mass is 415 g/mol. The van der Waals surface area contributed by atoms with Crippen LogP contribution in [0.25, 0.3) is 0 Å². The quantitative estimate of drug-likeness (QED) is 0.321. The molecular weight excluding hydrogens is 378 g/mol. The first kappa shape index (κ1) is 21.9. The van der Waals surface area contributed by atoms with Gasteiger partial charge in [0, 0.05) is 24.3 Å². The van der Waals surface area contributed by atoms with Crippen LogP contribution >= 0.6 is 0 Å². The van der Waals surface area contributed by atoms with Crippen LogP contribution in [0.15, 0.2) is 54.6 Å². The molecule has 0 spiro atoms. The summed E-state index contributed by atoms with van der Waals surface area (Å²) >= 11 is 0. The third-order valence-corrected chi connectivity index (χ3v) is 7.25. The predicted molar refractivity (Wildman–Crippen MR) is 131 cm³/mol. The maximum Gasteiger partial charge on any atom is 0.152 e. The SMILES string of the molecule is C=C(C)CC(c1cccc(CCC2CCN(c3cc(C)ccc3C=O)CC2)c1)C1CC1. The van der Waals surface area contributed by atoms with Gasteiger partial charge in [0.15, 0.2) is 6.29 Å². The van der Waals surface area contributed by atoms with Crippen LogP contribution in [-0.2, 0) is 6.42 Å². The van der Waals surface area contributed by atoms with Crippen LogP contribution in [0.3, 0.4) is 0 Å². The molecule has 0 bridgehead atoms. The van der Waals surface area contributed by atoms with Gasteiger partial charge in [-0.1, -0.05) is 35.9 Å². The minimum Gasteiger partial charge on any atom is -0.371 e. The van der Waals surface area contributed by atoms with Crippen molar-refractivity contribution >= 4 is 12.0 Å². The number of aryl methyl sites for hydroxylation is 2. The van der Waals surface area contributed by atoms with Crippen molar-refractivity contribution in [3.8, 4) is 0 Å². The molecule has 4 rings (SSSR count). The molecule has 1 unspecified atom stereocenters. The molecule has 1 saturated heterocycles. The van der Waals surface area contributed by atoms with Crippen molar-refractivity contribution in [2.24, 2.45) is 11.8 Å². The maximum atomic E-state index is 11.5. The minimum absolute atomic E-state index is 0.669. The Hall–Kier alpha value is -2.35. The second-order valence-corrected chi connectivity index (χ2v) is 10.00. The van der Waals surface area contributed by atoms with Gasteiger partial charge in [0.05, 0.1) is 0 Å². The summed E-state index contributed by atoms with van der Waals surface area (Å²) < 4.78 is 0. The van der Waals surface area contributed by atoms with Gasteiger partial charge in [-0.3, -0.25) is 4.79 Å². The summed E-state index contributed by atoms with van der Waals surface area (Å²) in [6.45, 7) is 10.5. The molecule has 2 nitrogen and oxygen atoms in total. The van der Waals surface area contributed by atoms with E-state index in [-0.39, 0.29) is 0 Å². The van der Waals surface area contributed by atoms with E-state index in [0.717, 1.165) is 48.9 Å². The van der Waals surface area contributed by atoms with Crippen LogP contribution in [0, 0.1) is 18.8 Å². The highest BCUT2D eigenvalue weighted by atomic mass is 16.1. The summed E-state index contributed by atoms with van der Waals surface area (Å²) in [5.41, 5.74) is 7.48. The largest absolute Gasteiger partial charge is 0.371 e. The Morgan fingerprint density at radius 2 is 1.90 bits per heavy atom. The van der Waals surface area contributed by atoms with E-state index < -0.39 is 0 Å². The molecular formula is C29H37NO. The van der Waals surface area contributed by atoms with E-state index in [9.17, 15) is 4.79 Å². The highest BCUT2D eigenvalue weighted by Crippen LogP contribution is 2.45. The van der Waals surface area contributed by atoms with Crippen LogP contribution in [0.4, 0.5) is 5.69 Å². The molecule has 1 aliphatic heterocycles. The third kappa shape index (κ3) is 5.67. The van der Waals surface area contributed by atoms with Crippen molar-refractivity contribution in [2.75, 3.05) is 18.0 Å².